The zero-order valence-corrected chi connectivity index (χ0v) is 19.6. The Morgan fingerprint density at radius 1 is 1.03 bits per heavy atom. The summed E-state index contributed by atoms with van der Waals surface area (Å²) in [5.74, 6) is -0.0935. The molecule has 8 heteroatoms. The predicted octanol–water partition coefficient (Wildman–Crippen LogP) is 5.36. The lowest BCUT2D eigenvalue weighted by Gasteiger charge is -2.31. The van der Waals surface area contributed by atoms with Crippen molar-refractivity contribution in [2.45, 2.75) is 45.8 Å². The molecule has 0 radical (unpaired) electrons. The van der Waals surface area contributed by atoms with E-state index in [0.29, 0.717) is 20.8 Å². The van der Waals surface area contributed by atoms with Crippen LogP contribution in [0.15, 0.2) is 42.5 Å². The topological polar surface area (TPSA) is 58.6 Å². The van der Waals surface area contributed by atoms with Crippen molar-refractivity contribution in [1.29, 1.82) is 0 Å². The molecule has 0 spiro atoms. The van der Waals surface area contributed by atoms with Crippen LogP contribution in [0.1, 0.15) is 33.3 Å². The average molecular weight is 472 g/mol. The van der Waals surface area contributed by atoms with E-state index in [0.717, 1.165) is 5.56 Å². The summed E-state index contributed by atoms with van der Waals surface area (Å²) in [6.07, 6.45) is 0. The minimum atomic E-state index is -0.722. The summed E-state index contributed by atoms with van der Waals surface area (Å²) in [6, 6.07) is 11.1. The molecule has 1 N–H and O–H groups in total. The van der Waals surface area contributed by atoms with Crippen LogP contribution in [0.5, 0.6) is 5.75 Å². The van der Waals surface area contributed by atoms with Crippen LogP contribution in [0.25, 0.3) is 0 Å². The number of hydrogen-bond acceptors (Lipinski definition) is 3. The SMILES string of the molecule is CC(C(=O)NC(C)(C)C)N(Cc1ccc(Cl)c(Cl)c1)C(=O)COc1ccc(Cl)cc1. The second-order valence-electron chi connectivity index (χ2n) is 7.93. The van der Waals surface area contributed by atoms with Crippen molar-refractivity contribution in [3.63, 3.8) is 0 Å². The summed E-state index contributed by atoms with van der Waals surface area (Å²) in [4.78, 5) is 27.2. The first-order valence-corrected chi connectivity index (χ1v) is 10.5. The van der Waals surface area contributed by atoms with Gasteiger partial charge in [0.05, 0.1) is 10.0 Å². The molecule has 0 aliphatic heterocycles. The molecule has 2 rings (SSSR count). The number of ether oxygens (including phenoxy) is 1. The van der Waals surface area contributed by atoms with Crippen molar-refractivity contribution < 1.29 is 14.3 Å². The number of amides is 2. The predicted molar refractivity (Wildman–Crippen MR) is 121 cm³/mol. The van der Waals surface area contributed by atoms with Crippen molar-refractivity contribution in [2.75, 3.05) is 6.61 Å². The molecule has 0 fully saturated rings. The van der Waals surface area contributed by atoms with E-state index in [-0.39, 0.29) is 25.0 Å². The van der Waals surface area contributed by atoms with Crippen LogP contribution in [0.2, 0.25) is 15.1 Å². The van der Waals surface area contributed by atoms with Gasteiger partial charge >= 0.3 is 0 Å². The van der Waals surface area contributed by atoms with Gasteiger partial charge < -0.3 is 15.0 Å². The smallest absolute Gasteiger partial charge is 0.261 e. The van der Waals surface area contributed by atoms with Crippen molar-refractivity contribution >= 4 is 46.6 Å². The summed E-state index contributed by atoms with van der Waals surface area (Å²) in [7, 11) is 0. The van der Waals surface area contributed by atoms with Crippen LogP contribution in [-0.4, -0.2) is 34.9 Å². The van der Waals surface area contributed by atoms with E-state index in [9.17, 15) is 9.59 Å². The van der Waals surface area contributed by atoms with Crippen molar-refractivity contribution in [3.8, 4) is 5.75 Å². The quantitative estimate of drug-likeness (QED) is 0.591. The third kappa shape index (κ3) is 7.38. The Morgan fingerprint density at radius 2 is 1.67 bits per heavy atom. The monoisotopic (exact) mass is 470 g/mol. The molecule has 0 saturated heterocycles. The third-order valence-electron chi connectivity index (χ3n) is 4.18. The van der Waals surface area contributed by atoms with Crippen LogP contribution in [0, 0.1) is 0 Å². The van der Waals surface area contributed by atoms with Gasteiger partial charge in [-0.15, -0.1) is 0 Å². The molecule has 5 nitrogen and oxygen atoms in total. The second-order valence-corrected chi connectivity index (χ2v) is 9.18. The fourth-order valence-electron chi connectivity index (χ4n) is 2.65. The molecular formula is C22H25Cl3N2O3. The molecule has 0 saturated carbocycles. The highest BCUT2D eigenvalue weighted by Crippen LogP contribution is 2.24. The normalized spacial score (nSPS) is 12.2. The maximum absolute atomic E-state index is 13.0. The highest BCUT2D eigenvalue weighted by Gasteiger charge is 2.28. The maximum atomic E-state index is 13.0. The first-order valence-electron chi connectivity index (χ1n) is 9.40. The van der Waals surface area contributed by atoms with Crippen LogP contribution in [0.4, 0.5) is 0 Å². The largest absolute Gasteiger partial charge is 0.484 e. The molecule has 2 aromatic carbocycles. The van der Waals surface area contributed by atoms with E-state index in [2.05, 4.69) is 5.32 Å². The first kappa shape index (κ1) is 24.3. The Bertz CT molecular complexity index is 895. The molecule has 2 amide bonds. The van der Waals surface area contributed by atoms with Crippen LogP contribution >= 0.6 is 34.8 Å². The third-order valence-corrected chi connectivity index (χ3v) is 5.17. The molecular weight excluding hydrogens is 447 g/mol. The van der Waals surface area contributed by atoms with E-state index in [1.165, 1.54) is 4.90 Å². The Hall–Kier alpha value is -1.95. The van der Waals surface area contributed by atoms with E-state index in [1.54, 1.807) is 49.4 Å². The van der Waals surface area contributed by atoms with E-state index < -0.39 is 11.6 Å². The molecule has 1 unspecified atom stereocenters. The number of benzene rings is 2. The van der Waals surface area contributed by atoms with Gasteiger partial charge in [-0.25, -0.2) is 0 Å². The summed E-state index contributed by atoms with van der Waals surface area (Å²) >= 11 is 18.0. The van der Waals surface area contributed by atoms with Gasteiger partial charge in [0.25, 0.3) is 5.91 Å². The molecule has 0 aliphatic rings. The number of rotatable bonds is 7. The molecule has 162 valence electrons. The average Bonchev–Trinajstić information content (AvgIpc) is 2.66. The van der Waals surface area contributed by atoms with Crippen LogP contribution < -0.4 is 10.1 Å². The minimum Gasteiger partial charge on any atom is -0.484 e. The van der Waals surface area contributed by atoms with E-state index in [4.69, 9.17) is 39.5 Å². The highest BCUT2D eigenvalue weighted by atomic mass is 35.5. The lowest BCUT2D eigenvalue weighted by atomic mass is 10.1. The first-order chi connectivity index (χ1) is 14.0. The van der Waals surface area contributed by atoms with E-state index in [1.807, 2.05) is 20.8 Å². The Kier molecular flexibility index (Phi) is 8.42. The molecule has 2 aromatic rings. The highest BCUT2D eigenvalue weighted by molar-refractivity contribution is 6.42. The summed E-state index contributed by atoms with van der Waals surface area (Å²) in [5.41, 5.74) is 0.323. The number of halogens is 3. The van der Waals surface area contributed by atoms with Crippen molar-refractivity contribution in [1.82, 2.24) is 10.2 Å². The molecule has 0 heterocycles. The van der Waals surface area contributed by atoms with Gasteiger partial charge in [-0.3, -0.25) is 9.59 Å². The van der Waals surface area contributed by atoms with Crippen molar-refractivity contribution in [3.05, 3.63) is 63.1 Å². The molecule has 0 aliphatic carbocycles. The van der Waals surface area contributed by atoms with Crippen molar-refractivity contribution in [2.24, 2.45) is 0 Å². The molecule has 30 heavy (non-hydrogen) atoms. The summed E-state index contributed by atoms with van der Waals surface area (Å²) in [5, 5.41) is 4.28. The summed E-state index contributed by atoms with van der Waals surface area (Å²) < 4.78 is 5.59. The molecule has 0 aromatic heterocycles. The second kappa shape index (κ2) is 10.4. The standard InChI is InChI=1S/C22H25Cl3N2O3/c1-14(21(29)26-22(2,3)4)27(12-15-5-10-18(24)19(25)11-15)20(28)13-30-17-8-6-16(23)7-9-17/h5-11,14H,12-13H2,1-4H3,(H,26,29). The lowest BCUT2D eigenvalue weighted by molar-refractivity contribution is -0.142. The Morgan fingerprint density at radius 3 is 2.23 bits per heavy atom. The number of carbonyl (C=O) groups is 2. The number of nitrogens with zero attached hydrogens (tertiary/aromatic N) is 1. The minimum absolute atomic E-state index is 0.179. The lowest BCUT2D eigenvalue weighted by Crippen LogP contribution is -2.53. The van der Waals surface area contributed by atoms with Gasteiger partial charge in [0, 0.05) is 17.1 Å². The van der Waals surface area contributed by atoms with E-state index >= 15 is 0 Å². The van der Waals surface area contributed by atoms with Crippen LogP contribution in [-0.2, 0) is 16.1 Å². The zero-order valence-electron chi connectivity index (χ0n) is 17.3. The molecule has 0 bridgehead atoms. The van der Waals surface area contributed by atoms with Gasteiger partial charge in [0.15, 0.2) is 6.61 Å². The van der Waals surface area contributed by atoms with Gasteiger partial charge in [-0.2, -0.15) is 0 Å². The number of hydrogen-bond donors (Lipinski definition) is 1. The Labute approximate surface area is 192 Å². The van der Waals surface area contributed by atoms with Gasteiger partial charge in [0.1, 0.15) is 11.8 Å². The Balaban J connectivity index is 2.19. The fraction of sp³-hybridized carbons (Fsp3) is 0.364. The van der Waals surface area contributed by atoms with Crippen LogP contribution in [0.3, 0.4) is 0 Å². The zero-order chi connectivity index (χ0) is 22.5. The maximum Gasteiger partial charge on any atom is 0.261 e. The molecule has 1 atom stereocenters. The van der Waals surface area contributed by atoms with Gasteiger partial charge in [-0.1, -0.05) is 40.9 Å². The van der Waals surface area contributed by atoms with Gasteiger partial charge in [0.2, 0.25) is 5.91 Å². The number of carbonyl (C=O) groups excluding carboxylic acids is 2. The summed E-state index contributed by atoms with van der Waals surface area (Å²) in [6.45, 7) is 7.28. The fourth-order valence-corrected chi connectivity index (χ4v) is 3.10. The van der Waals surface area contributed by atoms with Gasteiger partial charge in [-0.05, 0) is 69.7 Å². The number of nitrogens with one attached hydrogen (secondary N) is 1.